The Labute approximate surface area is 101 Å². The van der Waals surface area contributed by atoms with E-state index in [1.165, 1.54) is 32.4 Å². The molecule has 0 aliphatic carbocycles. The van der Waals surface area contributed by atoms with Crippen LogP contribution in [-0.2, 0) is 4.74 Å². The van der Waals surface area contributed by atoms with Gasteiger partial charge in [-0.25, -0.2) is 0 Å². The van der Waals surface area contributed by atoms with Crippen molar-refractivity contribution in [2.24, 2.45) is 5.92 Å². The normalized spacial score (nSPS) is 24.6. The third-order valence-corrected chi connectivity index (χ3v) is 3.57. The molecule has 1 rings (SSSR count). The van der Waals surface area contributed by atoms with E-state index in [0.29, 0.717) is 6.04 Å². The number of ether oxygens (including phenoxy) is 1. The van der Waals surface area contributed by atoms with Gasteiger partial charge in [-0.3, -0.25) is 4.90 Å². The third kappa shape index (κ3) is 4.40. The Morgan fingerprint density at radius 3 is 2.88 bits per heavy atom. The molecule has 0 spiro atoms. The summed E-state index contributed by atoms with van der Waals surface area (Å²) in [6.07, 6.45) is 3.91. The van der Waals surface area contributed by atoms with Gasteiger partial charge in [-0.05, 0) is 38.3 Å². The Balaban J connectivity index is 2.37. The molecule has 0 aromatic rings. The second-order valence-electron chi connectivity index (χ2n) is 4.83. The van der Waals surface area contributed by atoms with Crippen LogP contribution in [0.2, 0.25) is 0 Å². The van der Waals surface area contributed by atoms with Gasteiger partial charge in [0.2, 0.25) is 0 Å². The van der Waals surface area contributed by atoms with Gasteiger partial charge in [-0.2, -0.15) is 0 Å². The summed E-state index contributed by atoms with van der Waals surface area (Å²) in [7, 11) is 1.81. The molecule has 1 fully saturated rings. The highest BCUT2D eigenvalue weighted by molar-refractivity contribution is 4.79. The van der Waals surface area contributed by atoms with E-state index in [1.54, 1.807) is 0 Å². The smallest absolute Gasteiger partial charge is 0.0502 e. The molecule has 1 heterocycles. The number of likely N-dealkylation sites (tertiary alicyclic amines) is 1. The number of hydrogen-bond acceptors (Lipinski definition) is 3. The molecule has 96 valence electrons. The highest BCUT2D eigenvalue weighted by Crippen LogP contribution is 2.19. The lowest BCUT2D eigenvalue weighted by Gasteiger charge is -2.38. The molecule has 1 saturated heterocycles. The first-order valence-electron chi connectivity index (χ1n) is 6.75. The van der Waals surface area contributed by atoms with Crippen molar-refractivity contribution in [1.29, 1.82) is 0 Å². The van der Waals surface area contributed by atoms with Crippen LogP contribution >= 0.6 is 0 Å². The molecule has 16 heavy (non-hydrogen) atoms. The maximum Gasteiger partial charge on any atom is 0.0502 e. The first kappa shape index (κ1) is 13.9. The zero-order chi connectivity index (χ0) is 11.8. The van der Waals surface area contributed by atoms with Gasteiger partial charge in [0.05, 0.1) is 6.61 Å². The molecule has 0 bridgehead atoms. The van der Waals surface area contributed by atoms with E-state index >= 15 is 0 Å². The second-order valence-corrected chi connectivity index (χ2v) is 4.83. The first-order chi connectivity index (χ1) is 7.81. The number of likely N-dealkylation sites (N-methyl/N-ethyl adjacent to an activating group) is 1. The highest BCUT2D eigenvalue weighted by atomic mass is 16.5. The minimum atomic E-state index is 0.708. The van der Waals surface area contributed by atoms with Crippen LogP contribution < -0.4 is 5.32 Å². The monoisotopic (exact) mass is 228 g/mol. The maximum absolute atomic E-state index is 5.28. The van der Waals surface area contributed by atoms with Crippen LogP contribution in [0.3, 0.4) is 0 Å². The Morgan fingerprint density at radius 1 is 1.44 bits per heavy atom. The first-order valence-corrected chi connectivity index (χ1v) is 6.75. The van der Waals surface area contributed by atoms with E-state index in [-0.39, 0.29) is 0 Å². The van der Waals surface area contributed by atoms with Crippen molar-refractivity contribution in [3.63, 3.8) is 0 Å². The summed E-state index contributed by atoms with van der Waals surface area (Å²) in [5, 5.41) is 3.47. The molecule has 3 nitrogen and oxygen atoms in total. The number of rotatable bonds is 7. The largest absolute Gasteiger partial charge is 0.384 e. The number of hydrogen-bond donors (Lipinski definition) is 1. The molecule has 0 aromatic carbocycles. The topological polar surface area (TPSA) is 24.5 Å². The number of piperidine rings is 1. The van der Waals surface area contributed by atoms with Gasteiger partial charge in [-0.1, -0.05) is 13.8 Å². The SMILES string of the molecule is CCNCC(CC)N1CCCC(COC)C1. The fourth-order valence-corrected chi connectivity index (χ4v) is 2.64. The summed E-state index contributed by atoms with van der Waals surface area (Å²) in [5.41, 5.74) is 0. The van der Waals surface area contributed by atoms with Crippen molar-refractivity contribution < 1.29 is 4.74 Å². The number of nitrogens with zero attached hydrogens (tertiary/aromatic N) is 1. The summed E-state index contributed by atoms with van der Waals surface area (Å²) >= 11 is 0. The van der Waals surface area contributed by atoms with Gasteiger partial charge in [-0.15, -0.1) is 0 Å². The van der Waals surface area contributed by atoms with Gasteiger partial charge in [0.25, 0.3) is 0 Å². The summed E-state index contributed by atoms with van der Waals surface area (Å²) in [4.78, 5) is 2.65. The average Bonchev–Trinajstić information content (AvgIpc) is 2.31. The minimum Gasteiger partial charge on any atom is -0.384 e. The van der Waals surface area contributed by atoms with Crippen molar-refractivity contribution >= 4 is 0 Å². The molecule has 1 aliphatic heterocycles. The third-order valence-electron chi connectivity index (χ3n) is 3.57. The average molecular weight is 228 g/mol. The molecule has 1 N–H and O–H groups in total. The predicted octanol–water partition coefficient (Wildman–Crippen LogP) is 1.73. The van der Waals surface area contributed by atoms with Crippen LogP contribution in [0.15, 0.2) is 0 Å². The number of methoxy groups -OCH3 is 1. The Hall–Kier alpha value is -0.120. The molecular formula is C13H28N2O. The Kier molecular flexibility index (Phi) is 7.01. The van der Waals surface area contributed by atoms with Gasteiger partial charge in [0.15, 0.2) is 0 Å². The summed E-state index contributed by atoms with van der Waals surface area (Å²) in [6, 6.07) is 0.708. The zero-order valence-corrected chi connectivity index (χ0v) is 11.2. The van der Waals surface area contributed by atoms with Crippen LogP contribution in [0.25, 0.3) is 0 Å². The molecule has 3 heteroatoms. The van der Waals surface area contributed by atoms with Crippen LogP contribution in [0.4, 0.5) is 0 Å². The summed E-state index contributed by atoms with van der Waals surface area (Å²) < 4.78 is 5.28. The highest BCUT2D eigenvalue weighted by Gasteiger charge is 2.24. The lowest BCUT2D eigenvalue weighted by Crippen LogP contribution is -2.47. The van der Waals surface area contributed by atoms with Crippen molar-refractivity contribution in [1.82, 2.24) is 10.2 Å². The van der Waals surface area contributed by atoms with Crippen LogP contribution in [0, 0.1) is 5.92 Å². The van der Waals surface area contributed by atoms with Crippen LogP contribution in [0.5, 0.6) is 0 Å². The fraction of sp³-hybridized carbons (Fsp3) is 1.00. The van der Waals surface area contributed by atoms with Gasteiger partial charge < -0.3 is 10.1 Å². The molecule has 0 aromatic heterocycles. The lowest BCUT2D eigenvalue weighted by atomic mass is 9.97. The van der Waals surface area contributed by atoms with Crippen molar-refractivity contribution in [3.8, 4) is 0 Å². The summed E-state index contributed by atoms with van der Waals surface area (Å²) in [5.74, 6) is 0.745. The van der Waals surface area contributed by atoms with E-state index in [2.05, 4.69) is 24.1 Å². The van der Waals surface area contributed by atoms with Gasteiger partial charge in [0.1, 0.15) is 0 Å². The molecule has 2 atom stereocenters. The number of nitrogens with one attached hydrogen (secondary N) is 1. The zero-order valence-electron chi connectivity index (χ0n) is 11.2. The van der Waals surface area contributed by atoms with E-state index in [1.807, 2.05) is 7.11 Å². The van der Waals surface area contributed by atoms with E-state index in [4.69, 9.17) is 4.74 Å². The lowest BCUT2D eigenvalue weighted by molar-refractivity contribution is 0.0667. The summed E-state index contributed by atoms with van der Waals surface area (Å²) in [6.45, 7) is 10.1. The van der Waals surface area contributed by atoms with Crippen molar-refractivity contribution in [2.45, 2.75) is 39.2 Å². The van der Waals surface area contributed by atoms with Crippen molar-refractivity contribution in [3.05, 3.63) is 0 Å². The predicted molar refractivity (Wildman–Crippen MR) is 68.8 cm³/mol. The van der Waals surface area contributed by atoms with Gasteiger partial charge in [0, 0.05) is 26.2 Å². The molecule has 0 radical (unpaired) electrons. The van der Waals surface area contributed by atoms with E-state index in [9.17, 15) is 0 Å². The van der Waals surface area contributed by atoms with Gasteiger partial charge >= 0.3 is 0 Å². The molecule has 0 amide bonds. The molecule has 0 saturated carbocycles. The quantitative estimate of drug-likeness (QED) is 0.718. The second kappa shape index (κ2) is 8.04. The van der Waals surface area contributed by atoms with Crippen LogP contribution in [0.1, 0.15) is 33.1 Å². The Morgan fingerprint density at radius 2 is 2.25 bits per heavy atom. The minimum absolute atomic E-state index is 0.708. The molecular weight excluding hydrogens is 200 g/mol. The molecule has 1 aliphatic rings. The van der Waals surface area contributed by atoms with Crippen molar-refractivity contribution in [2.75, 3.05) is 39.9 Å². The van der Waals surface area contributed by atoms with E-state index in [0.717, 1.165) is 25.6 Å². The molecule has 2 unspecified atom stereocenters. The van der Waals surface area contributed by atoms with Crippen LogP contribution in [-0.4, -0.2) is 50.8 Å². The maximum atomic E-state index is 5.28. The van der Waals surface area contributed by atoms with E-state index < -0.39 is 0 Å². The standard InChI is InChI=1S/C13H28N2O/c1-4-13(9-14-5-2)15-8-6-7-12(10-15)11-16-3/h12-14H,4-11H2,1-3H3. The Bertz CT molecular complexity index is 173. The fourth-order valence-electron chi connectivity index (χ4n) is 2.64.